The fraction of sp³-hybridized carbons (Fsp3) is 0.250. The molecule has 0 fully saturated rings. The van der Waals surface area contributed by atoms with Crippen molar-refractivity contribution in [3.05, 3.63) is 47.5 Å². The molecule has 1 aliphatic heterocycles. The van der Waals surface area contributed by atoms with Crippen molar-refractivity contribution < 1.29 is 18.3 Å². The highest BCUT2D eigenvalue weighted by molar-refractivity contribution is 5.76. The van der Waals surface area contributed by atoms with Gasteiger partial charge in [-0.3, -0.25) is 0 Å². The van der Waals surface area contributed by atoms with E-state index in [-0.39, 0.29) is 18.5 Å². The molecule has 110 valence electrons. The first-order valence-electron chi connectivity index (χ1n) is 6.68. The summed E-state index contributed by atoms with van der Waals surface area (Å²) in [7, 11) is 0. The molecule has 0 unspecified atom stereocenters. The Kier molecular flexibility index (Phi) is 3.51. The van der Waals surface area contributed by atoms with Gasteiger partial charge >= 0.3 is 0 Å². The summed E-state index contributed by atoms with van der Waals surface area (Å²) < 4.78 is 38.4. The van der Waals surface area contributed by atoms with Crippen LogP contribution in [0.15, 0.2) is 30.3 Å². The molecule has 0 spiro atoms. The third-order valence-electron chi connectivity index (χ3n) is 3.47. The maximum Gasteiger partial charge on any atom is 0.169 e. The monoisotopic (exact) mass is 291 g/mol. The highest BCUT2D eigenvalue weighted by Gasteiger charge is 2.25. The van der Waals surface area contributed by atoms with Crippen LogP contribution < -0.4 is 15.2 Å². The Morgan fingerprint density at radius 3 is 2.67 bits per heavy atom. The van der Waals surface area contributed by atoms with Gasteiger partial charge < -0.3 is 15.2 Å². The lowest BCUT2D eigenvalue weighted by Gasteiger charge is -2.27. The van der Waals surface area contributed by atoms with Crippen LogP contribution in [0.25, 0.3) is 11.1 Å². The summed E-state index contributed by atoms with van der Waals surface area (Å²) in [5, 5.41) is 0. The van der Waals surface area contributed by atoms with Gasteiger partial charge in [-0.25, -0.2) is 8.78 Å². The minimum Gasteiger partial charge on any atom is -0.486 e. The molecule has 21 heavy (non-hydrogen) atoms. The van der Waals surface area contributed by atoms with E-state index in [0.717, 1.165) is 0 Å². The van der Waals surface area contributed by atoms with Gasteiger partial charge in [-0.2, -0.15) is 0 Å². The van der Waals surface area contributed by atoms with Crippen molar-refractivity contribution in [2.75, 3.05) is 13.2 Å². The van der Waals surface area contributed by atoms with Gasteiger partial charge in [0.15, 0.2) is 11.5 Å². The Hall–Kier alpha value is -2.14. The SMILES string of the molecule is Cc1cc(F)ccc1-c1cc(F)cc2c1O[C@@H](CN)CO2. The first kappa shape index (κ1) is 13.8. The summed E-state index contributed by atoms with van der Waals surface area (Å²) in [6.07, 6.45) is -0.275. The molecule has 5 heteroatoms. The zero-order valence-electron chi connectivity index (χ0n) is 11.5. The zero-order valence-corrected chi connectivity index (χ0v) is 11.5. The zero-order chi connectivity index (χ0) is 15.0. The molecule has 0 aliphatic carbocycles. The molecular weight excluding hydrogens is 276 g/mol. The van der Waals surface area contributed by atoms with Gasteiger partial charge in [-0.15, -0.1) is 0 Å². The smallest absolute Gasteiger partial charge is 0.169 e. The number of aryl methyl sites for hydroxylation is 1. The molecule has 1 aliphatic rings. The quantitative estimate of drug-likeness (QED) is 0.925. The van der Waals surface area contributed by atoms with Crippen molar-refractivity contribution in [1.82, 2.24) is 0 Å². The van der Waals surface area contributed by atoms with Crippen LogP contribution in [0.4, 0.5) is 8.78 Å². The molecule has 3 rings (SSSR count). The Morgan fingerprint density at radius 1 is 1.14 bits per heavy atom. The molecule has 0 saturated heterocycles. The highest BCUT2D eigenvalue weighted by atomic mass is 19.1. The summed E-state index contributed by atoms with van der Waals surface area (Å²) in [5.74, 6) is 0.0343. The van der Waals surface area contributed by atoms with Gasteiger partial charge in [0, 0.05) is 18.2 Å². The van der Waals surface area contributed by atoms with Crippen LogP contribution in [0.1, 0.15) is 5.56 Å². The van der Waals surface area contributed by atoms with E-state index >= 15 is 0 Å². The van der Waals surface area contributed by atoms with Crippen LogP contribution >= 0.6 is 0 Å². The van der Waals surface area contributed by atoms with Gasteiger partial charge in [0.1, 0.15) is 24.3 Å². The number of hydrogen-bond donors (Lipinski definition) is 1. The number of fused-ring (bicyclic) bond motifs is 1. The van der Waals surface area contributed by atoms with Gasteiger partial charge in [-0.05, 0) is 36.2 Å². The van der Waals surface area contributed by atoms with E-state index in [4.69, 9.17) is 15.2 Å². The highest BCUT2D eigenvalue weighted by Crippen LogP contribution is 2.42. The van der Waals surface area contributed by atoms with Crippen LogP contribution in [-0.2, 0) is 0 Å². The average Bonchev–Trinajstić information content (AvgIpc) is 2.46. The molecule has 2 N–H and O–H groups in total. The minimum absolute atomic E-state index is 0.275. The van der Waals surface area contributed by atoms with Crippen molar-refractivity contribution in [2.45, 2.75) is 13.0 Å². The van der Waals surface area contributed by atoms with Crippen LogP contribution in [0, 0.1) is 18.6 Å². The van der Waals surface area contributed by atoms with Crippen LogP contribution in [0.2, 0.25) is 0 Å². The van der Waals surface area contributed by atoms with E-state index in [1.165, 1.54) is 24.3 Å². The number of hydrogen-bond acceptors (Lipinski definition) is 3. The number of rotatable bonds is 2. The Labute approximate surface area is 121 Å². The summed E-state index contributed by atoms with van der Waals surface area (Å²) in [4.78, 5) is 0. The topological polar surface area (TPSA) is 44.5 Å². The van der Waals surface area contributed by atoms with Crippen LogP contribution in [-0.4, -0.2) is 19.3 Å². The maximum atomic E-state index is 13.8. The molecule has 0 saturated carbocycles. The summed E-state index contributed by atoms with van der Waals surface area (Å²) in [6.45, 7) is 2.35. The Morgan fingerprint density at radius 2 is 1.95 bits per heavy atom. The molecule has 0 bridgehead atoms. The molecule has 0 aromatic heterocycles. The van der Waals surface area contributed by atoms with Gasteiger partial charge in [0.2, 0.25) is 0 Å². The third-order valence-corrected chi connectivity index (χ3v) is 3.47. The van der Waals surface area contributed by atoms with Crippen LogP contribution in [0.5, 0.6) is 11.5 Å². The number of ether oxygens (including phenoxy) is 2. The first-order chi connectivity index (χ1) is 10.1. The van der Waals surface area contributed by atoms with Crippen LogP contribution in [0.3, 0.4) is 0 Å². The summed E-state index contributed by atoms with van der Waals surface area (Å²) in [5.41, 5.74) is 7.54. The lowest BCUT2D eigenvalue weighted by atomic mass is 9.98. The van der Waals surface area contributed by atoms with Gasteiger partial charge in [-0.1, -0.05) is 6.07 Å². The lowest BCUT2D eigenvalue weighted by Crippen LogP contribution is -2.36. The van der Waals surface area contributed by atoms with E-state index in [0.29, 0.717) is 34.7 Å². The molecule has 0 radical (unpaired) electrons. The molecular formula is C16H15F2NO2. The molecule has 2 aromatic carbocycles. The molecule has 0 amide bonds. The summed E-state index contributed by atoms with van der Waals surface area (Å²) >= 11 is 0. The van der Waals surface area contributed by atoms with Gasteiger partial charge in [0.25, 0.3) is 0 Å². The van der Waals surface area contributed by atoms with Crippen molar-refractivity contribution in [3.63, 3.8) is 0 Å². The minimum atomic E-state index is -0.428. The molecule has 1 heterocycles. The number of benzene rings is 2. The standard InChI is InChI=1S/C16H15F2NO2/c1-9-4-10(17)2-3-13(9)14-5-11(18)6-15-16(14)21-12(7-19)8-20-15/h2-6,12H,7-8,19H2,1H3/t12-/m0/s1. The Bertz CT molecular complexity index is 688. The van der Waals surface area contributed by atoms with Crippen molar-refractivity contribution in [2.24, 2.45) is 5.73 Å². The number of halogens is 2. The van der Waals surface area contributed by atoms with Crippen molar-refractivity contribution >= 4 is 0 Å². The Balaban J connectivity index is 2.16. The predicted molar refractivity (Wildman–Crippen MR) is 75.5 cm³/mol. The fourth-order valence-corrected chi connectivity index (χ4v) is 2.43. The second kappa shape index (κ2) is 5.33. The second-order valence-electron chi connectivity index (χ2n) is 5.03. The predicted octanol–water partition coefficient (Wildman–Crippen LogP) is 3.04. The molecule has 1 atom stereocenters. The van der Waals surface area contributed by atoms with E-state index in [2.05, 4.69) is 0 Å². The summed E-state index contributed by atoms with van der Waals surface area (Å²) in [6, 6.07) is 6.99. The van der Waals surface area contributed by atoms with Gasteiger partial charge in [0.05, 0.1) is 0 Å². The second-order valence-corrected chi connectivity index (χ2v) is 5.03. The van der Waals surface area contributed by atoms with Crippen molar-refractivity contribution in [1.29, 1.82) is 0 Å². The van der Waals surface area contributed by atoms with E-state index in [1.54, 1.807) is 13.0 Å². The molecule has 3 nitrogen and oxygen atoms in total. The maximum absolute atomic E-state index is 13.8. The normalized spacial score (nSPS) is 16.9. The largest absolute Gasteiger partial charge is 0.486 e. The van der Waals surface area contributed by atoms with E-state index in [9.17, 15) is 8.78 Å². The lowest BCUT2D eigenvalue weighted by molar-refractivity contribution is 0.0971. The fourth-order valence-electron chi connectivity index (χ4n) is 2.43. The molecule has 2 aromatic rings. The van der Waals surface area contributed by atoms with Crippen molar-refractivity contribution in [3.8, 4) is 22.6 Å². The average molecular weight is 291 g/mol. The van der Waals surface area contributed by atoms with E-state index in [1.807, 2.05) is 0 Å². The first-order valence-corrected chi connectivity index (χ1v) is 6.68. The third kappa shape index (κ3) is 2.56. The van der Waals surface area contributed by atoms with E-state index < -0.39 is 5.82 Å². The number of nitrogens with two attached hydrogens (primary N) is 1.